The van der Waals surface area contributed by atoms with Crippen molar-refractivity contribution in [1.82, 2.24) is 4.90 Å². The van der Waals surface area contributed by atoms with Crippen LogP contribution in [-0.2, 0) is 4.79 Å². The van der Waals surface area contributed by atoms with Gasteiger partial charge in [0.1, 0.15) is 0 Å². The summed E-state index contributed by atoms with van der Waals surface area (Å²) in [6.45, 7) is 8.96. The van der Waals surface area contributed by atoms with Gasteiger partial charge >= 0.3 is 0 Å². The highest BCUT2D eigenvalue weighted by Crippen LogP contribution is 2.18. The predicted octanol–water partition coefficient (Wildman–Crippen LogP) is 1.60. The molecule has 0 spiro atoms. The van der Waals surface area contributed by atoms with E-state index in [1.807, 2.05) is 11.0 Å². The van der Waals surface area contributed by atoms with E-state index in [4.69, 9.17) is 0 Å². The zero-order chi connectivity index (χ0) is 8.97. The number of nitrogens with zero attached hydrogens (tertiary/aromatic N) is 1. The SMILES string of the molecule is C=CCCN1CCC(C=C)C1=O. The first-order valence-electron chi connectivity index (χ1n) is 4.32. The molecule has 0 bridgehead atoms. The van der Waals surface area contributed by atoms with Crippen molar-refractivity contribution in [1.29, 1.82) is 0 Å². The molecule has 0 aromatic heterocycles. The van der Waals surface area contributed by atoms with Crippen LogP contribution in [-0.4, -0.2) is 23.9 Å². The second kappa shape index (κ2) is 4.10. The molecule has 1 amide bonds. The zero-order valence-electron chi connectivity index (χ0n) is 7.33. The molecule has 1 unspecified atom stereocenters. The number of carbonyl (C=O) groups is 1. The van der Waals surface area contributed by atoms with Crippen LogP contribution in [0.15, 0.2) is 25.3 Å². The molecule has 1 saturated heterocycles. The quantitative estimate of drug-likeness (QED) is 0.579. The lowest BCUT2D eigenvalue weighted by molar-refractivity contribution is -0.129. The second-order valence-corrected chi connectivity index (χ2v) is 3.03. The minimum Gasteiger partial charge on any atom is -0.342 e. The van der Waals surface area contributed by atoms with E-state index in [1.165, 1.54) is 0 Å². The molecule has 0 aromatic carbocycles. The van der Waals surface area contributed by atoms with Gasteiger partial charge in [0.25, 0.3) is 0 Å². The van der Waals surface area contributed by atoms with Gasteiger partial charge in [-0.2, -0.15) is 0 Å². The third kappa shape index (κ3) is 1.76. The summed E-state index contributed by atoms with van der Waals surface area (Å²) in [5.74, 6) is 0.293. The third-order valence-electron chi connectivity index (χ3n) is 2.23. The molecule has 1 aliphatic heterocycles. The lowest BCUT2D eigenvalue weighted by atomic mass is 10.1. The van der Waals surface area contributed by atoms with Gasteiger partial charge in [-0.25, -0.2) is 0 Å². The molecule has 2 heteroatoms. The standard InChI is InChI=1S/C10H15NO/c1-3-5-7-11-8-6-9(4-2)10(11)12/h3-4,9H,1-2,5-8H2. The summed E-state index contributed by atoms with van der Waals surface area (Å²) < 4.78 is 0. The van der Waals surface area contributed by atoms with Crippen molar-refractivity contribution < 1.29 is 4.79 Å². The molecule has 2 nitrogen and oxygen atoms in total. The van der Waals surface area contributed by atoms with E-state index >= 15 is 0 Å². The first-order chi connectivity index (χ1) is 5.79. The van der Waals surface area contributed by atoms with Crippen molar-refractivity contribution >= 4 is 5.91 Å². The summed E-state index contributed by atoms with van der Waals surface area (Å²) in [5, 5.41) is 0. The molecule has 1 rings (SSSR count). The maximum atomic E-state index is 11.5. The molecule has 1 aliphatic rings. The average Bonchev–Trinajstić information content (AvgIpc) is 2.43. The number of likely N-dealkylation sites (tertiary alicyclic amines) is 1. The molecule has 12 heavy (non-hydrogen) atoms. The minimum absolute atomic E-state index is 0.0646. The van der Waals surface area contributed by atoms with Crippen molar-refractivity contribution in [2.45, 2.75) is 12.8 Å². The Morgan fingerprint density at radius 1 is 1.58 bits per heavy atom. The Balaban J connectivity index is 2.43. The Bertz CT molecular complexity index is 198. The normalized spacial score (nSPS) is 22.8. The number of hydrogen-bond acceptors (Lipinski definition) is 1. The van der Waals surface area contributed by atoms with E-state index in [-0.39, 0.29) is 11.8 Å². The fraction of sp³-hybridized carbons (Fsp3) is 0.500. The molecule has 0 radical (unpaired) electrons. The lowest BCUT2D eigenvalue weighted by Gasteiger charge is -2.14. The highest BCUT2D eigenvalue weighted by atomic mass is 16.2. The Labute approximate surface area is 73.6 Å². The smallest absolute Gasteiger partial charge is 0.229 e. The highest BCUT2D eigenvalue weighted by molar-refractivity contribution is 5.82. The predicted molar refractivity (Wildman–Crippen MR) is 49.7 cm³/mol. The number of carbonyl (C=O) groups excluding carboxylic acids is 1. The van der Waals surface area contributed by atoms with Crippen LogP contribution < -0.4 is 0 Å². The third-order valence-corrected chi connectivity index (χ3v) is 2.23. The largest absolute Gasteiger partial charge is 0.342 e. The first-order valence-corrected chi connectivity index (χ1v) is 4.32. The van der Waals surface area contributed by atoms with Crippen LogP contribution in [0.1, 0.15) is 12.8 Å². The molecule has 0 N–H and O–H groups in total. The first kappa shape index (κ1) is 9.04. The molecule has 1 fully saturated rings. The maximum absolute atomic E-state index is 11.5. The van der Waals surface area contributed by atoms with Gasteiger partial charge in [0.2, 0.25) is 5.91 Å². The van der Waals surface area contributed by atoms with Crippen molar-refractivity contribution in [3.8, 4) is 0 Å². The molecule has 1 heterocycles. The molecule has 0 aromatic rings. The molecule has 0 aliphatic carbocycles. The second-order valence-electron chi connectivity index (χ2n) is 3.03. The summed E-state index contributed by atoms with van der Waals surface area (Å²) in [4.78, 5) is 13.3. The van der Waals surface area contributed by atoms with Gasteiger partial charge in [0.15, 0.2) is 0 Å². The van der Waals surface area contributed by atoms with Gasteiger partial charge in [0.05, 0.1) is 5.92 Å². The van der Waals surface area contributed by atoms with E-state index < -0.39 is 0 Å². The van der Waals surface area contributed by atoms with Gasteiger partial charge in [-0.3, -0.25) is 4.79 Å². The topological polar surface area (TPSA) is 20.3 Å². The van der Waals surface area contributed by atoms with Crippen molar-refractivity contribution in [3.05, 3.63) is 25.3 Å². The van der Waals surface area contributed by atoms with Crippen molar-refractivity contribution in [2.75, 3.05) is 13.1 Å². The maximum Gasteiger partial charge on any atom is 0.229 e. The van der Waals surface area contributed by atoms with Crippen LogP contribution in [0.25, 0.3) is 0 Å². The van der Waals surface area contributed by atoms with E-state index in [1.54, 1.807) is 6.08 Å². The Kier molecular flexibility index (Phi) is 3.09. The summed E-state index contributed by atoms with van der Waals surface area (Å²) >= 11 is 0. The fourth-order valence-electron chi connectivity index (χ4n) is 1.45. The number of rotatable bonds is 4. The van der Waals surface area contributed by atoms with Gasteiger partial charge in [-0.1, -0.05) is 12.2 Å². The van der Waals surface area contributed by atoms with Crippen LogP contribution >= 0.6 is 0 Å². The zero-order valence-corrected chi connectivity index (χ0v) is 7.33. The minimum atomic E-state index is 0.0646. The molecular formula is C10H15NO. The average molecular weight is 165 g/mol. The van der Waals surface area contributed by atoms with Gasteiger partial charge < -0.3 is 4.90 Å². The lowest BCUT2D eigenvalue weighted by Crippen LogP contribution is -2.27. The number of hydrogen-bond donors (Lipinski definition) is 0. The van der Waals surface area contributed by atoms with E-state index in [9.17, 15) is 4.79 Å². The Hall–Kier alpha value is -1.05. The molecular weight excluding hydrogens is 150 g/mol. The number of amides is 1. The van der Waals surface area contributed by atoms with Crippen molar-refractivity contribution in [2.24, 2.45) is 5.92 Å². The van der Waals surface area contributed by atoms with Crippen LogP contribution in [0.2, 0.25) is 0 Å². The van der Waals surface area contributed by atoms with Crippen LogP contribution in [0.5, 0.6) is 0 Å². The summed E-state index contributed by atoms with van der Waals surface area (Å²) in [5.41, 5.74) is 0. The monoisotopic (exact) mass is 165 g/mol. The molecule has 0 saturated carbocycles. The Morgan fingerprint density at radius 3 is 2.83 bits per heavy atom. The highest BCUT2D eigenvalue weighted by Gasteiger charge is 2.28. The van der Waals surface area contributed by atoms with Crippen LogP contribution in [0, 0.1) is 5.92 Å². The van der Waals surface area contributed by atoms with E-state index in [2.05, 4.69) is 13.2 Å². The van der Waals surface area contributed by atoms with E-state index in [0.29, 0.717) is 0 Å². The van der Waals surface area contributed by atoms with Crippen LogP contribution in [0.3, 0.4) is 0 Å². The summed E-state index contributed by atoms with van der Waals surface area (Å²) in [7, 11) is 0. The van der Waals surface area contributed by atoms with E-state index in [0.717, 1.165) is 25.9 Å². The molecule has 66 valence electrons. The fourth-order valence-corrected chi connectivity index (χ4v) is 1.45. The van der Waals surface area contributed by atoms with Gasteiger partial charge in [-0.15, -0.1) is 13.2 Å². The molecule has 1 atom stereocenters. The summed E-state index contributed by atoms with van der Waals surface area (Å²) in [6, 6.07) is 0. The Morgan fingerprint density at radius 2 is 2.33 bits per heavy atom. The van der Waals surface area contributed by atoms with Gasteiger partial charge in [0, 0.05) is 13.1 Å². The van der Waals surface area contributed by atoms with Gasteiger partial charge in [-0.05, 0) is 12.8 Å². The van der Waals surface area contributed by atoms with Crippen molar-refractivity contribution in [3.63, 3.8) is 0 Å². The summed E-state index contributed by atoms with van der Waals surface area (Å²) in [6.07, 6.45) is 5.40. The van der Waals surface area contributed by atoms with Crippen LogP contribution in [0.4, 0.5) is 0 Å².